The Balaban J connectivity index is 2.34. The zero-order chi connectivity index (χ0) is 13.4. The summed E-state index contributed by atoms with van der Waals surface area (Å²) in [5, 5.41) is 19.1. The first-order valence-electron chi connectivity index (χ1n) is 5.70. The highest BCUT2D eigenvalue weighted by atomic mass is 19.1. The average molecular weight is 252 g/mol. The van der Waals surface area contributed by atoms with E-state index in [-0.39, 0.29) is 5.75 Å². The minimum atomic E-state index is -0.537. The van der Waals surface area contributed by atoms with Crippen LogP contribution in [0.15, 0.2) is 48.7 Å². The monoisotopic (exact) mass is 252 g/mol. The van der Waals surface area contributed by atoms with Crippen LogP contribution in [0.3, 0.4) is 0 Å². The average Bonchev–Trinajstić information content (AvgIpc) is 2.78. The van der Waals surface area contributed by atoms with Crippen molar-refractivity contribution >= 4 is 10.9 Å². The van der Waals surface area contributed by atoms with Crippen molar-refractivity contribution in [1.82, 2.24) is 4.57 Å². The number of fused-ring (bicyclic) bond motifs is 1. The fourth-order valence-corrected chi connectivity index (χ4v) is 2.16. The van der Waals surface area contributed by atoms with Gasteiger partial charge in [0, 0.05) is 17.6 Å². The molecule has 1 heterocycles. The molecule has 4 heteroatoms. The summed E-state index contributed by atoms with van der Waals surface area (Å²) in [6, 6.07) is 13.4. The van der Waals surface area contributed by atoms with Gasteiger partial charge in [-0.2, -0.15) is 5.26 Å². The molecule has 0 aliphatic carbocycles. The zero-order valence-electron chi connectivity index (χ0n) is 9.84. The number of hydrogen-bond acceptors (Lipinski definition) is 2. The van der Waals surface area contributed by atoms with Crippen LogP contribution in [-0.4, -0.2) is 9.67 Å². The third kappa shape index (κ3) is 1.72. The highest BCUT2D eigenvalue weighted by molar-refractivity contribution is 5.87. The van der Waals surface area contributed by atoms with Gasteiger partial charge in [-0.15, -0.1) is 0 Å². The highest BCUT2D eigenvalue weighted by Gasteiger charge is 2.12. The third-order valence-corrected chi connectivity index (χ3v) is 3.02. The summed E-state index contributed by atoms with van der Waals surface area (Å²) in [6.45, 7) is 0. The quantitative estimate of drug-likeness (QED) is 0.722. The van der Waals surface area contributed by atoms with E-state index in [9.17, 15) is 9.50 Å². The molecule has 1 N–H and O–H groups in total. The second kappa shape index (κ2) is 4.14. The van der Waals surface area contributed by atoms with Crippen molar-refractivity contribution in [2.75, 3.05) is 0 Å². The van der Waals surface area contributed by atoms with Crippen molar-refractivity contribution in [2.24, 2.45) is 0 Å². The van der Waals surface area contributed by atoms with Gasteiger partial charge in [0.05, 0.1) is 16.8 Å². The maximum Gasteiger partial charge on any atom is 0.150 e. The van der Waals surface area contributed by atoms with Gasteiger partial charge in [-0.1, -0.05) is 18.2 Å². The molecular formula is C15H9FN2O. The van der Waals surface area contributed by atoms with Crippen LogP contribution in [0, 0.1) is 17.1 Å². The SMILES string of the molecule is N#Cc1cn(-c2ccc(O)cc2F)c2ccccc12. The van der Waals surface area contributed by atoms with Crippen LogP contribution < -0.4 is 0 Å². The van der Waals surface area contributed by atoms with Crippen LogP contribution in [0.2, 0.25) is 0 Å². The number of phenols is 1. The van der Waals surface area contributed by atoms with E-state index < -0.39 is 5.82 Å². The molecule has 92 valence electrons. The number of nitrogens with zero attached hydrogens (tertiary/aromatic N) is 2. The molecule has 19 heavy (non-hydrogen) atoms. The van der Waals surface area contributed by atoms with Crippen molar-refractivity contribution in [3.8, 4) is 17.5 Å². The van der Waals surface area contributed by atoms with E-state index in [1.54, 1.807) is 10.8 Å². The number of nitriles is 1. The highest BCUT2D eigenvalue weighted by Crippen LogP contribution is 2.27. The van der Waals surface area contributed by atoms with Crippen LogP contribution in [0.4, 0.5) is 4.39 Å². The summed E-state index contributed by atoms with van der Waals surface area (Å²) in [4.78, 5) is 0. The Labute approximate surface area is 108 Å². The Kier molecular flexibility index (Phi) is 2.46. The van der Waals surface area contributed by atoms with Crippen molar-refractivity contribution < 1.29 is 9.50 Å². The van der Waals surface area contributed by atoms with E-state index in [1.807, 2.05) is 24.3 Å². The van der Waals surface area contributed by atoms with E-state index in [0.29, 0.717) is 11.3 Å². The first kappa shape index (κ1) is 11.3. The molecule has 0 saturated heterocycles. The number of halogens is 1. The Hall–Kier alpha value is -2.80. The molecule has 0 fully saturated rings. The largest absolute Gasteiger partial charge is 0.508 e. The van der Waals surface area contributed by atoms with Crippen LogP contribution in [0.5, 0.6) is 5.75 Å². The molecule has 0 spiro atoms. The topological polar surface area (TPSA) is 49.0 Å². The fraction of sp³-hybridized carbons (Fsp3) is 0. The van der Waals surface area contributed by atoms with Gasteiger partial charge in [0.2, 0.25) is 0 Å². The predicted octanol–water partition coefficient (Wildman–Crippen LogP) is 3.35. The van der Waals surface area contributed by atoms with Crippen LogP contribution in [0.1, 0.15) is 5.56 Å². The number of hydrogen-bond donors (Lipinski definition) is 1. The summed E-state index contributed by atoms with van der Waals surface area (Å²) in [6.07, 6.45) is 1.60. The number of aromatic hydroxyl groups is 1. The van der Waals surface area contributed by atoms with Gasteiger partial charge in [0.25, 0.3) is 0 Å². The van der Waals surface area contributed by atoms with Crippen LogP contribution in [-0.2, 0) is 0 Å². The van der Waals surface area contributed by atoms with Gasteiger partial charge < -0.3 is 9.67 Å². The number of phenolic OH excluding ortho intramolecular Hbond substituents is 1. The minimum Gasteiger partial charge on any atom is -0.508 e. The van der Waals surface area contributed by atoms with Gasteiger partial charge >= 0.3 is 0 Å². The first-order valence-corrected chi connectivity index (χ1v) is 5.70. The standard InChI is InChI=1S/C15H9FN2O/c16-13-7-11(19)5-6-15(13)18-9-10(8-17)12-3-1-2-4-14(12)18/h1-7,9,19H. The van der Waals surface area contributed by atoms with Gasteiger partial charge in [-0.05, 0) is 18.2 Å². The number of para-hydroxylation sites is 1. The molecular weight excluding hydrogens is 243 g/mol. The number of aromatic nitrogens is 1. The lowest BCUT2D eigenvalue weighted by molar-refractivity contribution is 0.468. The molecule has 3 rings (SSSR count). The lowest BCUT2D eigenvalue weighted by atomic mass is 10.2. The molecule has 1 aromatic heterocycles. The van der Waals surface area contributed by atoms with Crippen molar-refractivity contribution in [3.63, 3.8) is 0 Å². The summed E-state index contributed by atoms with van der Waals surface area (Å²) in [5.41, 5.74) is 1.54. The van der Waals surface area contributed by atoms with E-state index in [4.69, 9.17) is 5.26 Å². The lowest BCUT2D eigenvalue weighted by Gasteiger charge is -2.06. The molecule has 3 aromatic rings. The molecule has 2 aromatic carbocycles. The molecule has 0 radical (unpaired) electrons. The second-order valence-corrected chi connectivity index (χ2v) is 4.18. The predicted molar refractivity (Wildman–Crippen MR) is 69.6 cm³/mol. The van der Waals surface area contributed by atoms with E-state index in [0.717, 1.165) is 17.0 Å². The Bertz CT molecular complexity index is 815. The number of rotatable bonds is 1. The van der Waals surface area contributed by atoms with Crippen molar-refractivity contribution in [3.05, 3.63) is 60.0 Å². The first-order chi connectivity index (χ1) is 9.20. The lowest BCUT2D eigenvalue weighted by Crippen LogP contribution is -1.95. The Morgan fingerprint density at radius 2 is 1.95 bits per heavy atom. The van der Waals surface area contributed by atoms with E-state index in [1.165, 1.54) is 12.1 Å². The molecule has 0 saturated carbocycles. The smallest absolute Gasteiger partial charge is 0.150 e. The van der Waals surface area contributed by atoms with Gasteiger partial charge in [-0.25, -0.2) is 4.39 Å². The van der Waals surface area contributed by atoms with Gasteiger partial charge in [-0.3, -0.25) is 0 Å². The number of benzene rings is 2. The molecule has 0 atom stereocenters. The fourth-order valence-electron chi connectivity index (χ4n) is 2.16. The van der Waals surface area contributed by atoms with Crippen molar-refractivity contribution in [2.45, 2.75) is 0 Å². The molecule has 3 nitrogen and oxygen atoms in total. The normalized spacial score (nSPS) is 10.5. The maximum atomic E-state index is 13.9. The molecule has 0 aliphatic heterocycles. The van der Waals surface area contributed by atoms with Gasteiger partial charge in [0.1, 0.15) is 11.8 Å². The summed E-state index contributed by atoms with van der Waals surface area (Å²) >= 11 is 0. The van der Waals surface area contributed by atoms with E-state index >= 15 is 0 Å². The Morgan fingerprint density at radius 1 is 1.16 bits per heavy atom. The minimum absolute atomic E-state index is 0.127. The summed E-state index contributed by atoms with van der Waals surface area (Å²) in [7, 11) is 0. The third-order valence-electron chi connectivity index (χ3n) is 3.02. The molecule has 0 aliphatic rings. The maximum absolute atomic E-state index is 13.9. The van der Waals surface area contributed by atoms with Crippen LogP contribution in [0.25, 0.3) is 16.6 Å². The molecule has 0 amide bonds. The second-order valence-electron chi connectivity index (χ2n) is 4.18. The summed E-state index contributed by atoms with van der Waals surface area (Å²) in [5.74, 6) is -0.663. The van der Waals surface area contributed by atoms with Gasteiger partial charge in [0.15, 0.2) is 5.82 Å². The molecule has 0 unspecified atom stereocenters. The Morgan fingerprint density at radius 3 is 2.68 bits per heavy atom. The zero-order valence-corrected chi connectivity index (χ0v) is 9.84. The van der Waals surface area contributed by atoms with Crippen molar-refractivity contribution in [1.29, 1.82) is 5.26 Å². The summed E-state index contributed by atoms with van der Waals surface area (Å²) < 4.78 is 15.5. The molecule has 0 bridgehead atoms. The van der Waals surface area contributed by atoms with Crippen LogP contribution >= 0.6 is 0 Å². The van der Waals surface area contributed by atoms with E-state index in [2.05, 4.69) is 6.07 Å².